The minimum absolute atomic E-state index is 0.00544. The van der Waals surface area contributed by atoms with E-state index in [9.17, 15) is 30.0 Å². The fourth-order valence-electron chi connectivity index (χ4n) is 6.81. The first kappa shape index (κ1) is 45.9. The number of aromatic nitrogens is 2. The average molecular weight is 883 g/mol. The molecule has 62 heavy (non-hydrogen) atoms. The summed E-state index contributed by atoms with van der Waals surface area (Å²) >= 11 is 0. The van der Waals surface area contributed by atoms with Crippen LogP contribution in [-0.4, -0.2) is 109 Å². The van der Waals surface area contributed by atoms with Gasteiger partial charge < -0.3 is 49.7 Å². The predicted molar refractivity (Wildman–Crippen MR) is 247 cm³/mol. The summed E-state index contributed by atoms with van der Waals surface area (Å²) < 4.78 is 15.9. The van der Waals surface area contributed by atoms with E-state index in [0.29, 0.717) is 73.7 Å². The lowest BCUT2D eigenvalue weighted by atomic mass is 10.2. The molecular formula is C46H54N6O8S2+2. The van der Waals surface area contributed by atoms with Crippen molar-refractivity contribution in [2.75, 3.05) is 87.0 Å². The van der Waals surface area contributed by atoms with E-state index in [1.165, 1.54) is 0 Å². The lowest BCUT2D eigenvalue weighted by molar-refractivity contribution is -0.665. The third kappa shape index (κ3) is 13.0. The molecule has 6 rings (SSSR count). The van der Waals surface area contributed by atoms with E-state index in [1.807, 2.05) is 140 Å². The van der Waals surface area contributed by atoms with Gasteiger partial charge in [-0.15, -0.1) is 9.13 Å². The van der Waals surface area contributed by atoms with Crippen LogP contribution in [0.1, 0.15) is 22.9 Å². The number of rotatable bonds is 25. The van der Waals surface area contributed by atoms with Gasteiger partial charge >= 0.3 is 11.8 Å². The van der Waals surface area contributed by atoms with Gasteiger partial charge in [0.15, 0.2) is 0 Å². The second-order valence-corrected chi connectivity index (χ2v) is 16.8. The summed E-state index contributed by atoms with van der Waals surface area (Å²) in [6, 6.07) is 30.8. The van der Waals surface area contributed by atoms with E-state index in [0.717, 1.165) is 33.5 Å². The van der Waals surface area contributed by atoms with Crippen molar-refractivity contribution in [2.24, 2.45) is 0 Å². The first-order valence-electron chi connectivity index (χ1n) is 20.5. The number of oxazole rings is 2. The van der Waals surface area contributed by atoms with Gasteiger partial charge in [-0.05, 0) is 59.7 Å². The summed E-state index contributed by atoms with van der Waals surface area (Å²) in [5.41, 5.74) is 6.64. The van der Waals surface area contributed by atoms with Gasteiger partial charge in [-0.1, -0.05) is 70.1 Å². The number of benzene rings is 4. The highest BCUT2D eigenvalue weighted by Gasteiger charge is 2.24. The van der Waals surface area contributed by atoms with E-state index >= 15 is 0 Å². The third-order valence-electron chi connectivity index (χ3n) is 9.81. The Bertz CT molecular complexity index is 2220. The van der Waals surface area contributed by atoms with Crippen LogP contribution >= 0.6 is 21.6 Å². The molecule has 0 spiro atoms. The summed E-state index contributed by atoms with van der Waals surface area (Å²) in [6.07, 6.45) is 7.53. The maximum absolute atomic E-state index is 13.1. The number of aliphatic hydroxyl groups is 4. The van der Waals surface area contributed by atoms with Crippen molar-refractivity contribution < 1.29 is 48.0 Å². The molecule has 0 aliphatic heterocycles. The van der Waals surface area contributed by atoms with Gasteiger partial charge in [-0.3, -0.25) is 9.59 Å². The fraction of sp³-hybridized carbons (Fsp3) is 0.304. The smallest absolute Gasteiger partial charge is 0.374 e. The van der Waals surface area contributed by atoms with Crippen LogP contribution in [0.4, 0.5) is 11.4 Å². The number of carbonyl (C=O) groups excluding carboxylic acids is 2. The molecule has 326 valence electrons. The Morgan fingerprint density at radius 1 is 0.532 bits per heavy atom. The quantitative estimate of drug-likeness (QED) is 0.0277. The molecule has 6 aromatic rings. The molecule has 16 heteroatoms. The minimum atomic E-state index is -0.137. The molecule has 2 amide bonds. The van der Waals surface area contributed by atoms with Gasteiger partial charge in [0.1, 0.15) is 0 Å². The summed E-state index contributed by atoms with van der Waals surface area (Å²) in [4.78, 5) is 30.0. The first-order valence-corrected chi connectivity index (χ1v) is 23.0. The summed E-state index contributed by atoms with van der Waals surface area (Å²) in [5.74, 6) is 2.19. The van der Waals surface area contributed by atoms with Gasteiger partial charge in [0.25, 0.3) is 22.8 Å². The summed E-state index contributed by atoms with van der Waals surface area (Å²) in [5, 5.41) is 43.5. The van der Waals surface area contributed by atoms with Gasteiger partial charge in [-0.2, -0.15) is 0 Å². The predicted octanol–water partition coefficient (Wildman–Crippen LogP) is 3.99. The maximum atomic E-state index is 13.1. The maximum Gasteiger partial charge on any atom is 0.374 e. The topological polar surface area (TPSA) is 180 Å². The molecule has 0 radical (unpaired) electrons. The molecule has 0 saturated heterocycles. The van der Waals surface area contributed by atoms with Crippen LogP contribution in [-0.2, 0) is 22.7 Å². The highest BCUT2D eigenvalue weighted by atomic mass is 33.1. The molecule has 2 heterocycles. The van der Waals surface area contributed by atoms with Gasteiger partial charge in [0.05, 0.1) is 38.6 Å². The number of anilines is 2. The van der Waals surface area contributed by atoms with Crippen LogP contribution < -0.4 is 29.6 Å². The molecule has 4 aromatic carbocycles. The Morgan fingerprint density at radius 2 is 0.903 bits per heavy atom. The van der Waals surface area contributed by atoms with Gasteiger partial charge in [-0.25, -0.2) is 0 Å². The van der Waals surface area contributed by atoms with Crippen LogP contribution in [0.2, 0.25) is 0 Å². The largest absolute Gasteiger partial charge is 0.398 e. The van der Waals surface area contributed by atoms with Gasteiger partial charge in [0, 0.05) is 74.3 Å². The molecule has 6 N–H and O–H groups in total. The number of aliphatic hydroxyl groups excluding tert-OH is 4. The molecule has 0 bridgehead atoms. The highest BCUT2D eigenvalue weighted by Crippen LogP contribution is 2.22. The van der Waals surface area contributed by atoms with Crippen LogP contribution in [0, 0.1) is 0 Å². The molecule has 0 fully saturated rings. The van der Waals surface area contributed by atoms with Crippen molar-refractivity contribution in [2.45, 2.75) is 13.1 Å². The standard InChI is InChI=1S/C46H52N6O8S2/c53-27-23-49(24-28-54)37-15-9-35(10-16-37)13-19-45-51(39-5-1-3-7-41(39)59-45)33-43(57)47-21-31-61-62-32-22-48-44(58)34-52-40-6-2-4-8-42(40)60-46(52)20-14-36-11-17-38(18-12-36)50(25-29-55)26-30-56/h1-20,53-56H,21-34H2/p+2. The fourth-order valence-corrected chi connectivity index (χ4v) is 8.63. The Morgan fingerprint density at radius 3 is 1.27 bits per heavy atom. The zero-order chi connectivity index (χ0) is 43.5. The SMILES string of the molecule is O=C(C[n+]1c(/C=C/c2ccc(N(CCO)CCO)cc2)oc2ccccc21)NCCSSCCNC(=O)C[n+]1c(/C=C/c2ccc(N(CCO)CCO)cc2)oc2ccccc21. The Balaban J connectivity index is 0.939. The number of hydrogen-bond acceptors (Lipinski definition) is 12. The van der Waals surface area contributed by atoms with Crippen molar-refractivity contribution in [3.63, 3.8) is 0 Å². The third-order valence-corrected chi connectivity index (χ3v) is 12.2. The molecule has 0 unspecified atom stereocenters. The molecule has 2 aromatic heterocycles. The molecule has 0 saturated carbocycles. The zero-order valence-electron chi connectivity index (χ0n) is 34.5. The number of amides is 2. The number of para-hydroxylation sites is 4. The Kier molecular flexibility index (Phi) is 17.9. The van der Waals surface area contributed by atoms with Crippen LogP contribution in [0.3, 0.4) is 0 Å². The van der Waals surface area contributed by atoms with E-state index in [4.69, 9.17) is 8.83 Å². The molecule has 0 aliphatic rings. The minimum Gasteiger partial charge on any atom is -0.398 e. The number of hydrogen-bond donors (Lipinski definition) is 6. The summed E-state index contributed by atoms with van der Waals surface area (Å²) in [7, 11) is 3.26. The monoisotopic (exact) mass is 882 g/mol. The molecular weight excluding hydrogens is 829 g/mol. The molecule has 0 aliphatic carbocycles. The number of nitrogens with zero attached hydrogens (tertiary/aromatic N) is 4. The lowest BCUT2D eigenvalue weighted by Gasteiger charge is -2.22. The van der Waals surface area contributed by atoms with E-state index in [-0.39, 0.29) is 51.3 Å². The second-order valence-electron chi connectivity index (χ2n) is 14.1. The zero-order valence-corrected chi connectivity index (χ0v) is 36.1. The van der Waals surface area contributed by atoms with Crippen molar-refractivity contribution in [1.29, 1.82) is 0 Å². The van der Waals surface area contributed by atoms with Crippen LogP contribution in [0.5, 0.6) is 0 Å². The van der Waals surface area contributed by atoms with E-state index in [2.05, 4.69) is 10.6 Å². The van der Waals surface area contributed by atoms with Crippen LogP contribution in [0.15, 0.2) is 106 Å². The van der Waals surface area contributed by atoms with Crippen molar-refractivity contribution in [1.82, 2.24) is 10.6 Å². The van der Waals surface area contributed by atoms with Crippen molar-refractivity contribution in [3.05, 3.63) is 120 Å². The Labute approximate surface area is 368 Å². The average Bonchev–Trinajstić information content (AvgIpc) is 3.82. The number of fused-ring (bicyclic) bond motifs is 2. The van der Waals surface area contributed by atoms with E-state index < -0.39 is 0 Å². The van der Waals surface area contributed by atoms with Crippen molar-refractivity contribution in [3.8, 4) is 0 Å². The lowest BCUT2D eigenvalue weighted by Crippen LogP contribution is -2.44. The molecule has 0 atom stereocenters. The van der Waals surface area contributed by atoms with Crippen molar-refractivity contribution >= 4 is 91.3 Å². The number of nitrogens with one attached hydrogen (secondary N) is 2. The highest BCUT2D eigenvalue weighted by molar-refractivity contribution is 8.76. The Hall–Kier alpha value is -5.62. The number of carbonyl (C=O) groups is 2. The van der Waals surface area contributed by atoms with E-state index in [1.54, 1.807) is 21.6 Å². The normalized spacial score (nSPS) is 11.6. The van der Waals surface area contributed by atoms with Crippen LogP contribution in [0.25, 0.3) is 46.5 Å². The second kappa shape index (κ2) is 24.1. The van der Waals surface area contributed by atoms with Gasteiger partial charge in [0.2, 0.25) is 24.3 Å². The first-order chi connectivity index (χ1) is 30.4. The molecule has 14 nitrogen and oxygen atoms in total. The summed E-state index contributed by atoms with van der Waals surface area (Å²) in [6.45, 7) is 2.84.